The van der Waals surface area contributed by atoms with E-state index in [1.54, 1.807) is 0 Å². The van der Waals surface area contributed by atoms with E-state index in [0.717, 1.165) is 24.5 Å². The highest BCUT2D eigenvalue weighted by Crippen LogP contribution is 2.13. The smallest absolute Gasteiger partial charge is 0.188 e. The standard InChI is InChI=1S/C12H24OS/c1-4-14-12(13)10-8-6-5-7-9-11(2)3/h11H,4-10H2,1-3H3. The van der Waals surface area contributed by atoms with E-state index in [2.05, 4.69) is 13.8 Å². The van der Waals surface area contributed by atoms with Gasteiger partial charge in [-0.3, -0.25) is 4.79 Å². The van der Waals surface area contributed by atoms with Gasteiger partial charge in [0.25, 0.3) is 0 Å². The lowest BCUT2D eigenvalue weighted by Crippen LogP contribution is -1.92. The monoisotopic (exact) mass is 216 g/mol. The number of rotatable bonds is 8. The van der Waals surface area contributed by atoms with Crippen molar-refractivity contribution in [3.8, 4) is 0 Å². The maximum Gasteiger partial charge on any atom is 0.188 e. The number of thioether (sulfide) groups is 1. The van der Waals surface area contributed by atoms with Crippen LogP contribution in [0.2, 0.25) is 0 Å². The van der Waals surface area contributed by atoms with Gasteiger partial charge in [0, 0.05) is 6.42 Å². The lowest BCUT2D eigenvalue weighted by atomic mass is 10.0. The number of carbonyl (C=O) groups excluding carboxylic acids is 1. The van der Waals surface area contributed by atoms with Crippen LogP contribution in [0.15, 0.2) is 0 Å². The van der Waals surface area contributed by atoms with E-state index in [1.807, 2.05) is 6.92 Å². The summed E-state index contributed by atoms with van der Waals surface area (Å²) in [5.74, 6) is 1.75. The lowest BCUT2D eigenvalue weighted by molar-refractivity contribution is -0.111. The van der Waals surface area contributed by atoms with Crippen molar-refractivity contribution in [2.24, 2.45) is 5.92 Å². The quantitative estimate of drug-likeness (QED) is 0.564. The summed E-state index contributed by atoms with van der Waals surface area (Å²) in [6, 6.07) is 0. The Kier molecular flexibility index (Phi) is 9.58. The highest BCUT2D eigenvalue weighted by Gasteiger charge is 2.00. The minimum Gasteiger partial charge on any atom is -0.287 e. The molecular weight excluding hydrogens is 192 g/mol. The van der Waals surface area contributed by atoms with Gasteiger partial charge in [-0.2, -0.15) is 0 Å². The molecule has 0 heterocycles. The van der Waals surface area contributed by atoms with Crippen LogP contribution in [0.3, 0.4) is 0 Å². The van der Waals surface area contributed by atoms with Crippen molar-refractivity contribution >= 4 is 16.9 Å². The maximum atomic E-state index is 11.1. The minimum absolute atomic E-state index is 0.372. The van der Waals surface area contributed by atoms with Crippen molar-refractivity contribution in [2.45, 2.75) is 59.3 Å². The van der Waals surface area contributed by atoms with Crippen LogP contribution in [0.4, 0.5) is 0 Å². The van der Waals surface area contributed by atoms with Crippen LogP contribution in [-0.2, 0) is 4.79 Å². The Labute approximate surface area is 93.0 Å². The molecule has 0 aromatic rings. The molecule has 0 saturated heterocycles. The molecule has 14 heavy (non-hydrogen) atoms. The Morgan fingerprint density at radius 2 is 1.79 bits per heavy atom. The summed E-state index contributed by atoms with van der Waals surface area (Å²) < 4.78 is 0. The van der Waals surface area contributed by atoms with Crippen molar-refractivity contribution in [3.05, 3.63) is 0 Å². The zero-order chi connectivity index (χ0) is 10.8. The SMILES string of the molecule is CCSC(=O)CCCCCCC(C)C. The third-order valence-corrected chi connectivity index (χ3v) is 3.03. The predicted octanol–water partition coefficient (Wildman–Crippen LogP) is 4.26. The van der Waals surface area contributed by atoms with Crippen LogP contribution in [0, 0.1) is 5.92 Å². The van der Waals surface area contributed by atoms with Gasteiger partial charge in [-0.15, -0.1) is 0 Å². The molecule has 0 fully saturated rings. The molecule has 2 heteroatoms. The second-order valence-corrected chi connectivity index (χ2v) is 5.47. The number of unbranched alkanes of at least 4 members (excludes halogenated alkanes) is 3. The highest BCUT2D eigenvalue weighted by atomic mass is 32.2. The minimum atomic E-state index is 0.372. The summed E-state index contributed by atoms with van der Waals surface area (Å²) in [6.45, 7) is 6.56. The largest absolute Gasteiger partial charge is 0.287 e. The third-order valence-electron chi connectivity index (χ3n) is 2.22. The molecule has 0 unspecified atom stereocenters. The normalized spacial score (nSPS) is 10.9. The molecule has 0 radical (unpaired) electrons. The van der Waals surface area contributed by atoms with E-state index in [1.165, 1.54) is 37.4 Å². The van der Waals surface area contributed by atoms with Crippen LogP contribution < -0.4 is 0 Å². The maximum absolute atomic E-state index is 11.1. The van der Waals surface area contributed by atoms with Gasteiger partial charge in [-0.25, -0.2) is 0 Å². The molecule has 0 saturated carbocycles. The van der Waals surface area contributed by atoms with E-state index in [-0.39, 0.29) is 0 Å². The molecule has 0 aromatic carbocycles. The van der Waals surface area contributed by atoms with Gasteiger partial charge in [0.2, 0.25) is 0 Å². The summed E-state index contributed by atoms with van der Waals surface area (Å²) in [5, 5.41) is 0.372. The average Bonchev–Trinajstić information content (AvgIpc) is 2.11. The Morgan fingerprint density at radius 3 is 2.36 bits per heavy atom. The first-order chi connectivity index (χ1) is 6.66. The predicted molar refractivity (Wildman–Crippen MR) is 65.7 cm³/mol. The zero-order valence-corrected chi connectivity index (χ0v) is 10.7. The summed E-state index contributed by atoms with van der Waals surface area (Å²) in [7, 11) is 0. The van der Waals surface area contributed by atoms with E-state index in [9.17, 15) is 4.79 Å². The Hall–Kier alpha value is 0.0200. The fourth-order valence-corrected chi connectivity index (χ4v) is 2.02. The molecule has 0 aliphatic rings. The molecule has 0 rings (SSSR count). The molecule has 0 bridgehead atoms. The molecular formula is C12H24OS. The molecule has 0 atom stereocenters. The lowest BCUT2D eigenvalue weighted by Gasteiger charge is -2.03. The second-order valence-electron chi connectivity index (χ2n) is 4.15. The summed E-state index contributed by atoms with van der Waals surface area (Å²) in [6.07, 6.45) is 7.04. The fourth-order valence-electron chi connectivity index (χ4n) is 1.41. The number of hydrogen-bond donors (Lipinski definition) is 0. The zero-order valence-electron chi connectivity index (χ0n) is 9.84. The Bertz CT molecular complexity index is 143. The second kappa shape index (κ2) is 9.57. The summed E-state index contributed by atoms with van der Waals surface area (Å²) >= 11 is 1.46. The van der Waals surface area contributed by atoms with E-state index in [0.29, 0.717) is 5.12 Å². The number of carbonyl (C=O) groups is 1. The van der Waals surface area contributed by atoms with Crippen molar-refractivity contribution in [1.82, 2.24) is 0 Å². The molecule has 84 valence electrons. The Balaban J connectivity index is 3.09. The van der Waals surface area contributed by atoms with Crippen molar-refractivity contribution in [3.63, 3.8) is 0 Å². The van der Waals surface area contributed by atoms with E-state index in [4.69, 9.17) is 0 Å². The number of hydrogen-bond acceptors (Lipinski definition) is 2. The molecule has 0 aromatic heterocycles. The fraction of sp³-hybridized carbons (Fsp3) is 0.917. The van der Waals surface area contributed by atoms with Gasteiger partial charge in [0.1, 0.15) is 0 Å². The van der Waals surface area contributed by atoms with Gasteiger partial charge in [0.15, 0.2) is 5.12 Å². The van der Waals surface area contributed by atoms with Gasteiger partial charge in [0.05, 0.1) is 0 Å². The third kappa shape index (κ3) is 10.1. The van der Waals surface area contributed by atoms with Crippen LogP contribution in [0.1, 0.15) is 59.3 Å². The molecule has 0 amide bonds. The topological polar surface area (TPSA) is 17.1 Å². The average molecular weight is 216 g/mol. The summed E-state index contributed by atoms with van der Waals surface area (Å²) in [5.41, 5.74) is 0. The van der Waals surface area contributed by atoms with Crippen molar-refractivity contribution in [1.29, 1.82) is 0 Å². The van der Waals surface area contributed by atoms with Gasteiger partial charge in [-0.1, -0.05) is 58.2 Å². The highest BCUT2D eigenvalue weighted by molar-refractivity contribution is 8.13. The van der Waals surface area contributed by atoms with Gasteiger partial charge in [-0.05, 0) is 18.1 Å². The first-order valence-corrected chi connectivity index (χ1v) is 6.81. The Morgan fingerprint density at radius 1 is 1.14 bits per heavy atom. The molecule has 0 N–H and O–H groups in total. The first-order valence-electron chi connectivity index (χ1n) is 5.82. The van der Waals surface area contributed by atoms with Gasteiger partial charge < -0.3 is 0 Å². The molecule has 0 aliphatic heterocycles. The summed E-state index contributed by atoms with van der Waals surface area (Å²) in [4.78, 5) is 11.1. The van der Waals surface area contributed by atoms with Crippen LogP contribution in [0.25, 0.3) is 0 Å². The van der Waals surface area contributed by atoms with Crippen LogP contribution in [0.5, 0.6) is 0 Å². The van der Waals surface area contributed by atoms with Gasteiger partial charge >= 0.3 is 0 Å². The van der Waals surface area contributed by atoms with E-state index < -0.39 is 0 Å². The first kappa shape index (κ1) is 14.0. The van der Waals surface area contributed by atoms with Crippen molar-refractivity contribution < 1.29 is 4.79 Å². The molecule has 1 nitrogen and oxygen atoms in total. The van der Waals surface area contributed by atoms with Crippen molar-refractivity contribution in [2.75, 3.05) is 5.75 Å². The van der Waals surface area contributed by atoms with Crippen LogP contribution >= 0.6 is 11.8 Å². The van der Waals surface area contributed by atoms with Crippen LogP contribution in [-0.4, -0.2) is 10.9 Å². The van der Waals surface area contributed by atoms with E-state index >= 15 is 0 Å². The molecule has 0 spiro atoms. The molecule has 0 aliphatic carbocycles.